The van der Waals surface area contributed by atoms with Crippen LogP contribution < -0.4 is 0 Å². The van der Waals surface area contributed by atoms with Crippen molar-refractivity contribution in [2.24, 2.45) is 0 Å². The van der Waals surface area contributed by atoms with Gasteiger partial charge < -0.3 is 5.11 Å². The van der Waals surface area contributed by atoms with E-state index in [4.69, 9.17) is 5.11 Å². The molecule has 0 unspecified atom stereocenters. The van der Waals surface area contributed by atoms with Gasteiger partial charge in [0.05, 0.1) is 5.75 Å². The topological polar surface area (TPSA) is 37.3 Å². The van der Waals surface area contributed by atoms with Gasteiger partial charge in [0.1, 0.15) is 0 Å². The summed E-state index contributed by atoms with van der Waals surface area (Å²) in [6.45, 7) is 0. The van der Waals surface area contributed by atoms with Crippen molar-refractivity contribution in [1.82, 2.24) is 0 Å². The molecule has 7 heavy (non-hydrogen) atoms. The van der Waals surface area contributed by atoms with Crippen molar-refractivity contribution in [2.45, 2.75) is 0 Å². The predicted molar refractivity (Wildman–Crippen MR) is 37.2 cm³/mol. The summed E-state index contributed by atoms with van der Waals surface area (Å²) in [5.74, 6) is -0.965. The Kier molecular flexibility index (Phi) is 26.9. The molecule has 0 radical (unpaired) electrons. The van der Waals surface area contributed by atoms with Crippen LogP contribution in [0.5, 0.6) is 0 Å². The number of aliphatic carboxylic acids is 1. The molecule has 0 saturated heterocycles. The van der Waals surface area contributed by atoms with Gasteiger partial charge in [-0.1, -0.05) is 0 Å². The van der Waals surface area contributed by atoms with Crippen LogP contribution >= 0.6 is 12.6 Å². The Hall–Kier alpha value is 2.72. The molecule has 0 atom stereocenters. The van der Waals surface area contributed by atoms with Crippen molar-refractivity contribution >= 4 is 108 Å². The maximum absolute atomic E-state index is 9.29. The van der Waals surface area contributed by atoms with Crippen molar-refractivity contribution in [2.75, 3.05) is 5.75 Å². The molecule has 0 spiro atoms. The van der Waals surface area contributed by atoms with Gasteiger partial charge in [0.25, 0.3) is 0 Å². The van der Waals surface area contributed by atoms with Crippen molar-refractivity contribution in [3.8, 4) is 0 Å². The third-order valence-electron chi connectivity index (χ3n) is 0.135. The van der Waals surface area contributed by atoms with Crippen molar-refractivity contribution < 1.29 is 9.90 Å². The van der Waals surface area contributed by atoms with Crippen LogP contribution in [-0.2, 0) is 4.79 Å². The van der Waals surface area contributed by atoms with E-state index in [2.05, 4.69) is 12.6 Å². The molecule has 36 valence electrons. The fourth-order valence-electron chi connectivity index (χ4n) is 0. The summed E-state index contributed by atoms with van der Waals surface area (Å²) in [4.78, 5) is 9.29. The molecule has 0 bridgehead atoms. The van der Waals surface area contributed by atoms with Gasteiger partial charge in [0, 0.05) is 0 Å². The number of hydrogen-bond acceptors (Lipinski definition) is 2. The van der Waals surface area contributed by atoms with Crippen LogP contribution in [-0.4, -0.2) is 106 Å². The Balaban J connectivity index is -0.0000000800. The summed E-state index contributed by atoms with van der Waals surface area (Å²) in [6.07, 6.45) is 0. The number of hydrogen-bond donors (Lipinski definition) is 2. The molecule has 0 amide bonds. The SMILES string of the molecule is O=C(O)CS.[CaH2].[KH]. The second kappa shape index (κ2) is 11.5. The van der Waals surface area contributed by atoms with Crippen LogP contribution in [0.25, 0.3) is 0 Å². The summed E-state index contributed by atoms with van der Waals surface area (Å²) in [6, 6.07) is 0. The molecule has 0 fully saturated rings. The molecule has 0 rings (SSSR count). The van der Waals surface area contributed by atoms with Crippen LogP contribution in [0, 0.1) is 0 Å². The first-order valence-corrected chi connectivity index (χ1v) is 1.73. The molecule has 0 aliphatic heterocycles. The fourth-order valence-corrected chi connectivity index (χ4v) is 0. The monoisotopic (exact) mass is 174 g/mol. The molecular weight excluding hydrogens is 167 g/mol. The van der Waals surface area contributed by atoms with Gasteiger partial charge in [-0.05, 0) is 0 Å². The van der Waals surface area contributed by atoms with Gasteiger partial charge in [0.2, 0.25) is 0 Å². The van der Waals surface area contributed by atoms with Crippen LogP contribution in [0.15, 0.2) is 0 Å². The standard InChI is InChI=1S/C2H4O2S.Ca.K.3H/c3-2(4)1-5;;;;;/h5H,1H2,(H,3,4);;;;;. The van der Waals surface area contributed by atoms with E-state index in [1.807, 2.05) is 0 Å². The van der Waals surface area contributed by atoms with Gasteiger partial charge >= 0.3 is 95.1 Å². The molecule has 0 aromatic heterocycles. The van der Waals surface area contributed by atoms with E-state index in [0.717, 1.165) is 0 Å². The number of rotatable bonds is 1. The summed E-state index contributed by atoms with van der Waals surface area (Å²) in [5, 5.41) is 7.65. The Morgan fingerprint density at radius 2 is 1.86 bits per heavy atom. The Morgan fingerprint density at radius 3 is 1.86 bits per heavy atom. The van der Waals surface area contributed by atoms with Crippen molar-refractivity contribution in [1.29, 1.82) is 0 Å². The number of carboxylic acid groups (broad SMARTS) is 1. The summed E-state index contributed by atoms with van der Waals surface area (Å²) < 4.78 is 0. The van der Waals surface area contributed by atoms with Crippen molar-refractivity contribution in [3.63, 3.8) is 0 Å². The normalized spacial score (nSPS) is 5.29. The Labute approximate surface area is 120 Å². The average molecular weight is 174 g/mol. The zero-order valence-corrected chi connectivity index (χ0v) is 3.40. The minimum absolute atomic E-state index is 0. The van der Waals surface area contributed by atoms with Gasteiger partial charge in [-0.25, -0.2) is 0 Å². The fraction of sp³-hybridized carbons (Fsp3) is 0.500. The molecular formula is C2H7CaKO2S. The van der Waals surface area contributed by atoms with E-state index >= 15 is 0 Å². The minimum atomic E-state index is -0.881. The number of carbonyl (C=O) groups is 1. The number of thiol groups is 1. The molecule has 0 aliphatic carbocycles. The van der Waals surface area contributed by atoms with Crippen LogP contribution in [0.2, 0.25) is 0 Å². The first kappa shape index (κ1) is 16.4. The average Bonchev–Trinajstić information content (AvgIpc) is 1.38. The summed E-state index contributed by atoms with van der Waals surface area (Å²) in [5.41, 5.74) is 0. The van der Waals surface area contributed by atoms with E-state index < -0.39 is 5.97 Å². The maximum atomic E-state index is 9.29. The third-order valence-corrected chi connectivity index (χ3v) is 0.406. The van der Waals surface area contributed by atoms with E-state index in [9.17, 15) is 4.79 Å². The first-order valence-electron chi connectivity index (χ1n) is 1.10. The summed E-state index contributed by atoms with van der Waals surface area (Å²) in [7, 11) is 0. The Bertz CT molecular complexity index is 51.0. The van der Waals surface area contributed by atoms with E-state index in [-0.39, 0.29) is 94.9 Å². The zero-order chi connectivity index (χ0) is 4.28. The Morgan fingerprint density at radius 1 is 1.71 bits per heavy atom. The molecule has 0 saturated carbocycles. The van der Waals surface area contributed by atoms with Gasteiger partial charge in [-0.15, -0.1) is 0 Å². The van der Waals surface area contributed by atoms with Gasteiger partial charge in [-0.3, -0.25) is 4.79 Å². The number of carboxylic acids is 1. The molecule has 0 aromatic carbocycles. The third kappa shape index (κ3) is 17.7. The quantitative estimate of drug-likeness (QED) is 0.372. The first-order chi connectivity index (χ1) is 2.27. The van der Waals surface area contributed by atoms with Crippen molar-refractivity contribution in [3.05, 3.63) is 0 Å². The van der Waals surface area contributed by atoms with Crippen LogP contribution in [0.1, 0.15) is 0 Å². The molecule has 1 N–H and O–H groups in total. The van der Waals surface area contributed by atoms with E-state index in [1.54, 1.807) is 0 Å². The van der Waals surface area contributed by atoms with Gasteiger partial charge in [0.15, 0.2) is 0 Å². The molecule has 0 aliphatic rings. The van der Waals surface area contributed by atoms with E-state index in [1.165, 1.54) is 0 Å². The molecule has 0 aromatic rings. The predicted octanol–water partition coefficient (Wildman–Crippen LogP) is -1.56. The summed E-state index contributed by atoms with van der Waals surface area (Å²) >= 11 is 3.42. The zero-order valence-electron chi connectivity index (χ0n) is 2.51. The van der Waals surface area contributed by atoms with Gasteiger partial charge in [-0.2, -0.15) is 12.6 Å². The molecule has 2 nitrogen and oxygen atoms in total. The van der Waals surface area contributed by atoms with Crippen LogP contribution in [0.4, 0.5) is 0 Å². The second-order valence-electron chi connectivity index (χ2n) is 0.552. The molecule has 0 heterocycles. The molecule has 5 heteroatoms. The van der Waals surface area contributed by atoms with E-state index in [0.29, 0.717) is 0 Å². The second-order valence-corrected chi connectivity index (χ2v) is 0.868. The van der Waals surface area contributed by atoms with Crippen LogP contribution in [0.3, 0.4) is 0 Å².